The van der Waals surface area contributed by atoms with Gasteiger partial charge in [0.1, 0.15) is 17.5 Å². The molecule has 1 saturated heterocycles. The van der Waals surface area contributed by atoms with Gasteiger partial charge in [-0.25, -0.2) is 9.18 Å². The van der Waals surface area contributed by atoms with Crippen molar-refractivity contribution in [3.05, 3.63) is 35.1 Å². The van der Waals surface area contributed by atoms with Gasteiger partial charge in [-0.1, -0.05) is 6.07 Å². The van der Waals surface area contributed by atoms with Crippen molar-refractivity contribution in [2.45, 2.75) is 58.0 Å². The van der Waals surface area contributed by atoms with Gasteiger partial charge in [-0.05, 0) is 71.0 Å². The third kappa shape index (κ3) is 6.04. The van der Waals surface area contributed by atoms with Crippen LogP contribution in [0, 0.1) is 5.82 Å². The van der Waals surface area contributed by atoms with Gasteiger partial charge in [0, 0.05) is 13.2 Å². The number of benzene rings is 1. The lowest BCUT2D eigenvalue weighted by atomic mass is 9.99. The van der Waals surface area contributed by atoms with Crippen LogP contribution in [0.1, 0.15) is 50.8 Å². The third-order valence-electron chi connectivity index (χ3n) is 4.19. The first-order valence-electron chi connectivity index (χ1n) is 9.04. The molecule has 1 aliphatic heterocycles. The first kappa shape index (κ1) is 20.8. The molecule has 2 rings (SSSR count). The summed E-state index contributed by atoms with van der Waals surface area (Å²) in [6.45, 7) is 7.17. The fourth-order valence-electron chi connectivity index (χ4n) is 2.98. The summed E-state index contributed by atoms with van der Waals surface area (Å²) in [6.07, 6.45) is 1.82. The van der Waals surface area contributed by atoms with E-state index >= 15 is 0 Å². The van der Waals surface area contributed by atoms with E-state index < -0.39 is 17.6 Å². The number of carbonyl (C=O) groups excluding carboxylic acids is 1. The van der Waals surface area contributed by atoms with Crippen LogP contribution in [0.5, 0.6) is 0 Å². The average Bonchev–Trinajstić information content (AvgIpc) is 2.53. The monoisotopic (exact) mass is 367 g/mol. The summed E-state index contributed by atoms with van der Waals surface area (Å²) in [7, 11) is 3.56. The molecule has 0 aliphatic carbocycles. The summed E-state index contributed by atoms with van der Waals surface area (Å²) in [5.74, 6) is -0.786. The zero-order chi connectivity index (χ0) is 19.3. The minimum Gasteiger partial charge on any atom is -0.459 e. The highest BCUT2D eigenvalue weighted by Gasteiger charge is 2.30. The lowest BCUT2D eigenvalue weighted by Gasteiger charge is -2.29. The number of carbonyl (C=O) groups is 1. The molecule has 1 unspecified atom stereocenters. The largest absolute Gasteiger partial charge is 0.459 e. The Hall–Kier alpha value is -1.50. The molecule has 0 amide bonds. The number of hydrogen-bond donors (Lipinski definition) is 0. The molecule has 0 bridgehead atoms. The van der Waals surface area contributed by atoms with E-state index in [0.717, 1.165) is 18.4 Å². The van der Waals surface area contributed by atoms with Crippen LogP contribution in [0.2, 0.25) is 0 Å². The zero-order valence-corrected chi connectivity index (χ0v) is 16.4. The maximum absolute atomic E-state index is 13.9. The Balaban J connectivity index is 2.23. The second-order valence-electron chi connectivity index (χ2n) is 7.87. The highest BCUT2D eigenvalue weighted by atomic mass is 19.1. The third-order valence-corrected chi connectivity index (χ3v) is 4.19. The van der Waals surface area contributed by atoms with Crippen molar-refractivity contribution in [1.29, 1.82) is 0 Å². The molecule has 0 saturated carbocycles. The van der Waals surface area contributed by atoms with Crippen molar-refractivity contribution in [2.75, 3.05) is 27.3 Å². The van der Waals surface area contributed by atoms with Gasteiger partial charge in [-0.2, -0.15) is 0 Å². The number of halogens is 1. The van der Waals surface area contributed by atoms with Gasteiger partial charge >= 0.3 is 5.97 Å². The zero-order valence-electron chi connectivity index (χ0n) is 16.4. The van der Waals surface area contributed by atoms with Crippen LogP contribution in [0.15, 0.2) is 18.2 Å². The van der Waals surface area contributed by atoms with Gasteiger partial charge < -0.3 is 14.2 Å². The average molecular weight is 367 g/mol. The molecule has 1 fully saturated rings. The van der Waals surface area contributed by atoms with Crippen molar-refractivity contribution >= 4 is 5.97 Å². The molecule has 1 atom stereocenters. The van der Waals surface area contributed by atoms with E-state index in [1.165, 1.54) is 12.1 Å². The SMILES string of the molecule is CN(C)C(C(=O)OC(C)(C)C)c1cc(F)ccc1COC1CCOCC1. The van der Waals surface area contributed by atoms with Gasteiger partial charge in [0.05, 0.1) is 12.7 Å². The second kappa shape index (κ2) is 8.93. The van der Waals surface area contributed by atoms with Crippen molar-refractivity contribution < 1.29 is 23.4 Å². The number of ether oxygens (including phenoxy) is 3. The van der Waals surface area contributed by atoms with Crippen LogP contribution >= 0.6 is 0 Å². The van der Waals surface area contributed by atoms with Crippen molar-refractivity contribution in [1.82, 2.24) is 4.90 Å². The van der Waals surface area contributed by atoms with Crippen LogP contribution < -0.4 is 0 Å². The standard InChI is InChI=1S/C20H30FNO4/c1-20(2,3)26-19(23)18(22(4)5)17-12-15(21)7-6-14(17)13-25-16-8-10-24-11-9-16/h6-7,12,16,18H,8-11,13H2,1-5H3. The summed E-state index contributed by atoms with van der Waals surface area (Å²) in [4.78, 5) is 14.5. The Kier molecular flexibility index (Phi) is 7.15. The number of rotatable bonds is 6. The number of nitrogens with zero attached hydrogens (tertiary/aromatic N) is 1. The molecular weight excluding hydrogens is 337 g/mol. The van der Waals surface area contributed by atoms with Gasteiger partial charge in [0.25, 0.3) is 0 Å². The Bertz CT molecular complexity index is 606. The molecular formula is C20H30FNO4. The van der Waals surface area contributed by atoms with E-state index in [4.69, 9.17) is 14.2 Å². The van der Waals surface area contributed by atoms with Gasteiger partial charge in [0.15, 0.2) is 0 Å². The Morgan fingerprint density at radius 3 is 2.54 bits per heavy atom. The predicted molar refractivity (Wildman–Crippen MR) is 97.3 cm³/mol. The van der Waals surface area contributed by atoms with E-state index in [2.05, 4.69) is 0 Å². The van der Waals surface area contributed by atoms with E-state index in [-0.39, 0.29) is 11.9 Å². The second-order valence-corrected chi connectivity index (χ2v) is 7.87. The van der Waals surface area contributed by atoms with Crippen LogP contribution in [-0.2, 0) is 25.6 Å². The van der Waals surface area contributed by atoms with Gasteiger partial charge in [-0.3, -0.25) is 4.90 Å². The smallest absolute Gasteiger partial charge is 0.328 e. The van der Waals surface area contributed by atoms with Crippen molar-refractivity contribution in [3.8, 4) is 0 Å². The molecule has 1 aliphatic rings. The minimum absolute atomic E-state index is 0.126. The van der Waals surface area contributed by atoms with Crippen LogP contribution in [-0.4, -0.2) is 49.9 Å². The van der Waals surface area contributed by atoms with Crippen molar-refractivity contribution in [3.63, 3.8) is 0 Å². The van der Waals surface area contributed by atoms with Gasteiger partial charge in [0.2, 0.25) is 0 Å². The van der Waals surface area contributed by atoms with Crippen LogP contribution in [0.3, 0.4) is 0 Å². The first-order valence-corrected chi connectivity index (χ1v) is 9.04. The molecule has 0 N–H and O–H groups in total. The molecule has 26 heavy (non-hydrogen) atoms. The van der Waals surface area contributed by atoms with E-state index in [1.807, 2.05) is 20.8 Å². The highest BCUT2D eigenvalue weighted by molar-refractivity contribution is 5.78. The topological polar surface area (TPSA) is 48.0 Å². The molecule has 0 spiro atoms. The van der Waals surface area contributed by atoms with Crippen LogP contribution in [0.4, 0.5) is 4.39 Å². The molecule has 0 radical (unpaired) electrons. The lowest BCUT2D eigenvalue weighted by molar-refractivity contribution is -0.160. The Labute approximate surface area is 155 Å². The fourth-order valence-corrected chi connectivity index (χ4v) is 2.98. The number of esters is 1. The summed E-state index contributed by atoms with van der Waals surface area (Å²) in [5, 5.41) is 0. The van der Waals surface area contributed by atoms with Crippen molar-refractivity contribution in [2.24, 2.45) is 0 Å². The maximum Gasteiger partial charge on any atom is 0.328 e. The first-order chi connectivity index (χ1) is 12.2. The summed E-state index contributed by atoms with van der Waals surface area (Å²) >= 11 is 0. The highest BCUT2D eigenvalue weighted by Crippen LogP contribution is 2.28. The molecule has 146 valence electrons. The Morgan fingerprint density at radius 1 is 1.31 bits per heavy atom. The molecule has 5 nitrogen and oxygen atoms in total. The molecule has 1 aromatic rings. The molecule has 6 heteroatoms. The van der Waals surface area contributed by atoms with E-state index in [9.17, 15) is 9.18 Å². The quantitative estimate of drug-likeness (QED) is 0.721. The normalized spacial score (nSPS) is 17.3. The number of hydrogen-bond acceptors (Lipinski definition) is 5. The molecule has 1 heterocycles. The number of likely N-dealkylation sites (N-methyl/N-ethyl adjacent to an activating group) is 1. The molecule has 0 aromatic heterocycles. The fraction of sp³-hybridized carbons (Fsp3) is 0.650. The summed E-state index contributed by atoms with van der Waals surface area (Å²) in [5.41, 5.74) is 0.760. The summed E-state index contributed by atoms with van der Waals surface area (Å²) < 4.78 is 30.8. The van der Waals surface area contributed by atoms with Crippen LogP contribution in [0.25, 0.3) is 0 Å². The predicted octanol–water partition coefficient (Wildman–Crippen LogP) is 3.47. The van der Waals surface area contributed by atoms with E-state index in [1.54, 1.807) is 25.1 Å². The lowest BCUT2D eigenvalue weighted by Crippen LogP contribution is -2.35. The minimum atomic E-state index is -0.696. The summed E-state index contributed by atoms with van der Waals surface area (Å²) in [6, 6.07) is 3.79. The Morgan fingerprint density at radius 2 is 1.96 bits per heavy atom. The maximum atomic E-state index is 13.9. The van der Waals surface area contributed by atoms with E-state index in [0.29, 0.717) is 25.4 Å². The van der Waals surface area contributed by atoms with Gasteiger partial charge in [-0.15, -0.1) is 0 Å². The molecule has 1 aromatic carbocycles.